The van der Waals surface area contributed by atoms with Crippen LogP contribution in [0.4, 0.5) is 0 Å². The third-order valence-electron chi connectivity index (χ3n) is 5.31. The molecule has 0 unspecified atom stereocenters. The monoisotopic (exact) mass is 411 g/mol. The minimum Gasteiger partial charge on any atom is -0.348 e. The highest BCUT2D eigenvalue weighted by Crippen LogP contribution is 2.24. The lowest BCUT2D eigenvalue weighted by Crippen LogP contribution is -2.66. The van der Waals surface area contributed by atoms with Crippen LogP contribution in [0.2, 0.25) is 52.4 Å². The van der Waals surface area contributed by atoms with Crippen LogP contribution in [-0.4, -0.2) is 34.9 Å². The van der Waals surface area contributed by atoms with Crippen LogP contribution in [-0.2, 0) is 0 Å². The van der Waals surface area contributed by atoms with E-state index in [2.05, 4.69) is 118 Å². The summed E-state index contributed by atoms with van der Waals surface area (Å²) in [5.41, 5.74) is 3.53. The Labute approximate surface area is 170 Å². The molecule has 0 aliphatic carbocycles. The third-order valence-corrected chi connectivity index (χ3v) is 16.5. The standard InChI is InChI=1S/C23H37NSi3/c1-20(21-13-11-10-12-14-21)22-15-17-23(18-16-22)27(8,9)19-24(25(2,3)4)26(5,6)7/h10-18H,1,19H2,2-9H3. The molecular formula is C23H37NSi3. The lowest BCUT2D eigenvalue weighted by atomic mass is 10.00. The Morgan fingerprint density at radius 2 is 1.15 bits per heavy atom. The van der Waals surface area contributed by atoms with Crippen molar-refractivity contribution in [2.75, 3.05) is 6.17 Å². The van der Waals surface area contributed by atoms with E-state index in [4.69, 9.17) is 0 Å². The molecule has 0 aromatic heterocycles. The van der Waals surface area contributed by atoms with Crippen LogP contribution < -0.4 is 5.19 Å². The van der Waals surface area contributed by atoms with E-state index < -0.39 is 24.5 Å². The summed E-state index contributed by atoms with van der Waals surface area (Å²) >= 11 is 0. The number of hydrogen-bond donors (Lipinski definition) is 0. The lowest BCUT2D eigenvalue weighted by Gasteiger charge is -2.47. The first-order valence-electron chi connectivity index (χ1n) is 9.95. The smallest absolute Gasteiger partial charge is 0.112 e. The van der Waals surface area contributed by atoms with E-state index in [1.165, 1.54) is 17.3 Å². The molecule has 0 N–H and O–H groups in total. The molecule has 0 amide bonds. The van der Waals surface area contributed by atoms with Crippen molar-refractivity contribution in [3.05, 3.63) is 72.3 Å². The van der Waals surface area contributed by atoms with Gasteiger partial charge in [-0.2, -0.15) is 0 Å². The van der Waals surface area contributed by atoms with E-state index >= 15 is 0 Å². The second-order valence-corrected chi connectivity index (χ2v) is 25.1. The molecule has 0 fully saturated rings. The van der Waals surface area contributed by atoms with Gasteiger partial charge in [-0.3, -0.25) is 0 Å². The second-order valence-electron chi connectivity index (χ2n) is 10.2. The molecular weight excluding hydrogens is 375 g/mol. The Hall–Kier alpha value is -1.21. The number of hydrogen-bond acceptors (Lipinski definition) is 1. The van der Waals surface area contributed by atoms with Gasteiger partial charge >= 0.3 is 0 Å². The summed E-state index contributed by atoms with van der Waals surface area (Å²) in [5.74, 6) is 0. The van der Waals surface area contributed by atoms with Crippen LogP contribution in [0, 0.1) is 0 Å². The van der Waals surface area contributed by atoms with E-state index in [0.717, 1.165) is 5.57 Å². The van der Waals surface area contributed by atoms with Crippen LogP contribution in [0.25, 0.3) is 5.57 Å². The molecule has 2 aromatic carbocycles. The average molecular weight is 412 g/mol. The largest absolute Gasteiger partial charge is 0.348 e. The molecule has 4 heteroatoms. The van der Waals surface area contributed by atoms with Crippen molar-refractivity contribution in [3.8, 4) is 0 Å². The summed E-state index contributed by atoms with van der Waals surface area (Å²) in [6.07, 6.45) is 1.28. The van der Waals surface area contributed by atoms with E-state index in [0.29, 0.717) is 0 Å². The normalized spacial score (nSPS) is 13.1. The van der Waals surface area contributed by atoms with Gasteiger partial charge in [-0.25, -0.2) is 0 Å². The molecule has 0 saturated carbocycles. The summed E-state index contributed by atoms with van der Waals surface area (Å²) < 4.78 is 2.95. The molecule has 0 radical (unpaired) electrons. The highest BCUT2D eigenvalue weighted by molar-refractivity contribution is 6.95. The summed E-state index contributed by atoms with van der Waals surface area (Å²) in [6, 6.07) is 19.7. The molecule has 2 aromatic rings. The van der Waals surface area contributed by atoms with Crippen LogP contribution >= 0.6 is 0 Å². The van der Waals surface area contributed by atoms with Crippen molar-refractivity contribution in [1.82, 2.24) is 4.23 Å². The van der Waals surface area contributed by atoms with Gasteiger partial charge in [0.2, 0.25) is 0 Å². The topological polar surface area (TPSA) is 3.24 Å². The van der Waals surface area contributed by atoms with Crippen molar-refractivity contribution in [1.29, 1.82) is 0 Å². The molecule has 2 rings (SSSR count). The van der Waals surface area contributed by atoms with Gasteiger partial charge in [0, 0.05) is 0 Å². The van der Waals surface area contributed by atoms with E-state index in [9.17, 15) is 0 Å². The first-order valence-corrected chi connectivity index (χ1v) is 20.1. The fourth-order valence-corrected chi connectivity index (χ4v) is 20.2. The predicted molar refractivity (Wildman–Crippen MR) is 132 cm³/mol. The average Bonchev–Trinajstić information content (AvgIpc) is 2.58. The number of nitrogens with zero attached hydrogens (tertiary/aromatic N) is 1. The van der Waals surface area contributed by atoms with Crippen molar-refractivity contribution < 1.29 is 0 Å². The maximum Gasteiger partial charge on any atom is 0.112 e. The molecule has 0 bridgehead atoms. The molecule has 0 aliphatic heterocycles. The Morgan fingerprint density at radius 1 is 0.704 bits per heavy atom. The van der Waals surface area contributed by atoms with Crippen molar-refractivity contribution in [2.24, 2.45) is 0 Å². The summed E-state index contributed by atoms with van der Waals surface area (Å²) in [5, 5.41) is 1.55. The fourth-order valence-electron chi connectivity index (χ4n) is 3.90. The quantitative estimate of drug-likeness (QED) is 0.492. The van der Waals surface area contributed by atoms with Crippen molar-refractivity contribution >= 4 is 35.3 Å². The first-order chi connectivity index (χ1) is 12.3. The van der Waals surface area contributed by atoms with Crippen LogP contribution in [0.3, 0.4) is 0 Å². The molecule has 0 aliphatic rings. The van der Waals surface area contributed by atoms with Gasteiger partial charge in [0.15, 0.2) is 0 Å². The van der Waals surface area contributed by atoms with Gasteiger partial charge in [-0.15, -0.1) is 0 Å². The Balaban J connectivity index is 2.25. The fraction of sp³-hybridized carbons (Fsp3) is 0.391. The number of benzene rings is 2. The van der Waals surface area contributed by atoms with Crippen molar-refractivity contribution in [3.63, 3.8) is 0 Å². The Bertz CT molecular complexity index is 752. The van der Waals surface area contributed by atoms with Gasteiger partial charge in [-0.05, 0) is 22.9 Å². The zero-order valence-corrected chi connectivity index (χ0v) is 21.6. The molecule has 0 saturated heterocycles. The van der Waals surface area contributed by atoms with Gasteiger partial charge in [0.05, 0.1) is 8.07 Å². The maximum atomic E-state index is 4.31. The SMILES string of the molecule is C=C(c1ccccc1)c1ccc([Si](C)(C)CN([Si](C)(C)C)[Si](C)(C)C)cc1. The Kier molecular flexibility index (Phi) is 6.57. The molecule has 0 heterocycles. The van der Waals surface area contributed by atoms with Gasteiger partial charge in [-0.1, -0.05) is 119 Å². The predicted octanol–water partition coefficient (Wildman–Crippen LogP) is 6.17. The van der Waals surface area contributed by atoms with Gasteiger partial charge in [0.1, 0.15) is 16.5 Å². The van der Waals surface area contributed by atoms with Crippen LogP contribution in [0.15, 0.2) is 61.2 Å². The van der Waals surface area contributed by atoms with Crippen LogP contribution in [0.1, 0.15) is 11.1 Å². The minimum absolute atomic E-state index is 1.10. The maximum absolute atomic E-state index is 4.31. The Morgan fingerprint density at radius 3 is 1.59 bits per heavy atom. The highest BCUT2D eigenvalue weighted by atomic mass is 28.4. The molecule has 27 heavy (non-hydrogen) atoms. The van der Waals surface area contributed by atoms with Crippen molar-refractivity contribution in [2.45, 2.75) is 52.4 Å². The zero-order valence-electron chi connectivity index (χ0n) is 18.6. The second kappa shape index (κ2) is 8.03. The molecule has 146 valence electrons. The first kappa shape index (κ1) is 22.1. The summed E-state index contributed by atoms with van der Waals surface area (Å²) in [4.78, 5) is 0. The van der Waals surface area contributed by atoms with E-state index in [-0.39, 0.29) is 0 Å². The number of rotatable bonds is 7. The minimum atomic E-state index is -1.53. The summed E-state index contributed by atoms with van der Waals surface area (Å²) in [7, 11) is -4.18. The zero-order chi connectivity index (χ0) is 20.5. The summed E-state index contributed by atoms with van der Waals surface area (Å²) in [6.45, 7) is 24.4. The molecule has 0 atom stereocenters. The molecule has 0 spiro atoms. The van der Waals surface area contributed by atoms with Gasteiger partial charge in [0.25, 0.3) is 0 Å². The third kappa shape index (κ3) is 5.64. The van der Waals surface area contributed by atoms with E-state index in [1.807, 2.05) is 0 Å². The highest BCUT2D eigenvalue weighted by Gasteiger charge is 2.39. The van der Waals surface area contributed by atoms with E-state index in [1.54, 1.807) is 5.19 Å². The molecule has 1 nitrogen and oxygen atoms in total. The van der Waals surface area contributed by atoms with Gasteiger partial charge < -0.3 is 4.23 Å². The lowest BCUT2D eigenvalue weighted by molar-refractivity contribution is 0.710. The van der Waals surface area contributed by atoms with Crippen LogP contribution in [0.5, 0.6) is 0 Å².